The first-order chi connectivity index (χ1) is 12.2. The third-order valence-electron chi connectivity index (χ3n) is 4.31. The van der Waals surface area contributed by atoms with Gasteiger partial charge in [0.2, 0.25) is 0 Å². The fraction of sp³-hybridized carbons (Fsp3) is 0.167. The molecular weight excluding hydrogens is 356 g/mol. The Balaban J connectivity index is 1.76. The number of hydrogen-bond acceptors (Lipinski definition) is 5. The maximum absolute atomic E-state index is 13.0. The standard InChI is InChI=1S/C18H13ClN4OS/c19-10-2-1-3-12(8-10)23-9-21-15-14-13(22-11-4-5-11)6-7-20-17(14)25-16(15)18(23)24/h1-3,6-9,11H,4-5H2,(H,20,22). The summed E-state index contributed by atoms with van der Waals surface area (Å²) in [5, 5.41) is 5.03. The fourth-order valence-electron chi connectivity index (χ4n) is 2.93. The summed E-state index contributed by atoms with van der Waals surface area (Å²) in [6.45, 7) is 0. The maximum Gasteiger partial charge on any atom is 0.275 e. The Labute approximate surface area is 151 Å². The molecule has 1 aromatic carbocycles. The van der Waals surface area contributed by atoms with Crippen molar-refractivity contribution in [3.8, 4) is 5.69 Å². The van der Waals surface area contributed by atoms with Crippen molar-refractivity contribution < 1.29 is 0 Å². The molecule has 7 heteroatoms. The predicted octanol–water partition coefficient (Wildman–Crippen LogP) is 4.22. The molecule has 0 atom stereocenters. The molecule has 25 heavy (non-hydrogen) atoms. The van der Waals surface area contributed by atoms with E-state index in [9.17, 15) is 4.79 Å². The van der Waals surface area contributed by atoms with Crippen LogP contribution in [0, 0.1) is 0 Å². The Bertz CT molecular complexity index is 1180. The van der Waals surface area contributed by atoms with Crippen molar-refractivity contribution in [1.82, 2.24) is 14.5 Å². The third-order valence-corrected chi connectivity index (χ3v) is 5.62. The lowest BCUT2D eigenvalue weighted by atomic mass is 10.2. The maximum atomic E-state index is 13.0. The third kappa shape index (κ3) is 2.49. The quantitative estimate of drug-likeness (QED) is 0.588. The summed E-state index contributed by atoms with van der Waals surface area (Å²) in [6, 6.07) is 9.66. The monoisotopic (exact) mass is 368 g/mol. The molecule has 0 spiro atoms. The Kier molecular flexibility index (Phi) is 3.29. The number of anilines is 1. The fourth-order valence-corrected chi connectivity index (χ4v) is 4.17. The van der Waals surface area contributed by atoms with Gasteiger partial charge in [0.25, 0.3) is 5.56 Å². The zero-order chi connectivity index (χ0) is 17.0. The van der Waals surface area contributed by atoms with Crippen molar-refractivity contribution in [2.45, 2.75) is 18.9 Å². The van der Waals surface area contributed by atoms with Gasteiger partial charge < -0.3 is 5.32 Å². The van der Waals surface area contributed by atoms with Crippen LogP contribution in [0.3, 0.4) is 0 Å². The van der Waals surface area contributed by atoms with Crippen LogP contribution in [-0.4, -0.2) is 20.6 Å². The minimum Gasteiger partial charge on any atom is -0.382 e. The number of nitrogens with zero attached hydrogens (tertiary/aromatic N) is 3. The van der Waals surface area contributed by atoms with Crippen molar-refractivity contribution >= 4 is 49.1 Å². The molecule has 5 rings (SSSR count). The van der Waals surface area contributed by atoms with Gasteiger partial charge in [0, 0.05) is 22.9 Å². The number of hydrogen-bond donors (Lipinski definition) is 1. The highest BCUT2D eigenvalue weighted by Gasteiger charge is 2.23. The molecule has 0 aliphatic heterocycles. The second-order valence-corrected chi connectivity index (χ2v) is 7.57. The highest BCUT2D eigenvalue weighted by molar-refractivity contribution is 7.25. The molecule has 1 aliphatic carbocycles. The van der Waals surface area contributed by atoms with Crippen molar-refractivity contribution in [2.75, 3.05) is 5.32 Å². The summed E-state index contributed by atoms with van der Waals surface area (Å²) in [6.07, 6.45) is 5.70. The molecule has 0 bridgehead atoms. The molecule has 0 radical (unpaired) electrons. The summed E-state index contributed by atoms with van der Waals surface area (Å²) in [5.74, 6) is 0. The lowest BCUT2D eigenvalue weighted by molar-refractivity contribution is 0.968. The Morgan fingerprint density at radius 1 is 1.24 bits per heavy atom. The number of halogens is 1. The second kappa shape index (κ2) is 5.54. The molecule has 1 fully saturated rings. The number of pyridine rings is 1. The average Bonchev–Trinajstić information content (AvgIpc) is 3.33. The van der Waals surface area contributed by atoms with Crippen molar-refractivity contribution in [3.63, 3.8) is 0 Å². The van der Waals surface area contributed by atoms with E-state index in [4.69, 9.17) is 11.6 Å². The van der Waals surface area contributed by atoms with E-state index in [1.54, 1.807) is 24.7 Å². The lowest BCUT2D eigenvalue weighted by Gasteiger charge is -2.07. The van der Waals surface area contributed by atoms with Crippen molar-refractivity contribution in [1.29, 1.82) is 0 Å². The van der Waals surface area contributed by atoms with Gasteiger partial charge in [-0.05, 0) is 37.1 Å². The summed E-state index contributed by atoms with van der Waals surface area (Å²) in [4.78, 5) is 22.8. The van der Waals surface area contributed by atoms with Gasteiger partial charge in [0.15, 0.2) is 0 Å². The minimum atomic E-state index is -0.104. The first kappa shape index (κ1) is 14.9. The SMILES string of the molecule is O=c1c2sc3nccc(NC4CC4)c3c2ncn1-c1cccc(Cl)c1. The molecule has 0 saturated heterocycles. The van der Waals surface area contributed by atoms with Crippen LogP contribution in [0.5, 0.6) is 0 Å². The number of rotatable bonds is 3. The van der Waals surface area contributed by atoms with Gasteiger partial charge in [-0.15, -0.1) is 11.3 Å². The van der Waals surface area contributed by atoms with Gasteiger partial charge in [-0.25, -0.2) is 9.97 Å². The Morgan fingerprint density at radius 2 is 2.12 bits per heavy atom. The van der Waals surface area contributed by atoms with Crippen LogP contribution in [0.1, 0.15) is 12.8 Å². The molecule has 3 heterocycles. The van der Waals surface area contributed by atoms with Gasteiger partial charge in [-0.3, -0.25) is 9.36 Å². The van der Waals surface area contributed by atoms with Crippen molar-refractivity contribution in [2.24, 2.45) is 0 Å². The first-order valence-corrected chi connectivity index (χ1v) is 9.21. The Morgan fingerprint density at radius 3 is 2.92 bits per heavy atom. The molecule has 4 aromatic rings. The van der Waals surface area contributed by atoms with E-state index in [0.29, 0.717) is 27.0 Å². The molecule has 1 saturated carbocycles. The zero-order valence-electron chi connectivity index (χ0n) is 13.1. The van der Waals surface area contributed by atoms with E-state index < -0.39 is 0 Å². The average molecular weight is 369 g/mol. The normalized spacial score (nSPS) is 14.3. The van der Waals surface area contributed by atoms with Crippen molar-refractivity contribution in [3.05, 3.63) is 58.2 Å². The smallest absolute Gasteiger partial charge is 0.275 e. The number of fused-ring (bicyclic) bond motifs is 3. The van der Waals surface area contributed by atoms with E-state index in [-0.39, 0.29) is 5.56 Å². The van der Waals surface area contributed by atoms with Gasteiger partial charge in [-0.2, -0.15) is 0 Å². The number of thiophene rings is 1. The summed E-state index contributed by atoms with van der Waals surface area (Å²) >= 11 is 7.44. The van der Waals surface area contributed by atoms with Crippen LogP contribution in [0.25, 0.3) is 26.1 Å². The predicted molar refractivity (Wildman–Crippen MR) is 102 cm³/mol. The molecule has 1 N–H and O–H groups in total. The molecule has 5 nitrogen and oxygen atoms in total. The summed E-state index contributed by atoms with van der Waals surface area (Å²) in [7, 11) is 0. The van der Waals surface area contributed by atoms with Crippen LogP contribution in [0.2, 0.25) is 5.02 Å². The van der Waals surface area contributed by atoms with E-state index in [1.165, 1.54) is 28.7 Å². The second-order valence-electron chi connectivity index (χ2n) is 6.14. The van der Waals surface area contributed by atoms with Crippen LogP contribution in [0.15, 0.2) is 47.7 Å². The first-order valence-electron chi connectivity index (χ1n) is 8.02. The van der Waals surface area contributed by atoms with E-state index in [2.05, 4.69) is 15.3 Å². The minimum absolute atomic E-state index is 0.104. The highest BCUT2D eigenvalue weighted by Crippen LogP contribution is 2.36. The number of benzene rings is 1. The molecule has 0 unspecified atom stereocenters. The topological polar surface area (TPSA) is 59.8 Å². The number of nitrogens with one attached hydrogen (secondary N) is 1. The largest absolute Gasteiger partial charge is 0.382 e. The van der Waals surface area contributed by atoms with Gasteiger partial charge in [0.1, 0.15) is 15.9 Å². The molecule has 1 aliphatic rings. The summed E-state index contributed by atoms with van der Waals surface area (Å²) in [5.41, 5.74) is 2.31. The van der Waals surface area contributed by atoms with E-state index in [1.807, 2.05) is 18.2 Å². The van der Waals surface area contributed by atoms with Gasteiger partial charge in [-0.1, -0.05) is 17.7 Å². The Hall–Kier alpha value is -2.44. The highest BCUT2D eigenvalue weighted by atomic mass is 35.5. The van der Waals surface area contributed by atoms with E-state index in [0.717, 1.165) is 15.9 Å². The summed E-state index contributed by atoms with van der Waals surface area (Å²) < 4.78 is 2.13. The molecule has 3 aromatic heterocycles. The van der Waals surface area contributed by atoms with Crippen LogP contribution >= 0.6 is 22.9 Å². The molecule has 0 amide bonds. The van der Waals surface area contributed by atoms with E-state index >= 15 is 0 Å². The van der Waals surface area contributed by atoms with Gasteiger partial charge >= 0.3 is 0 Å². The van der Waals surface area contributed by atoms with Crippen LogP contribution in [0.4, 0.5) is 5.69 Å². The molecular formula is C18H13ClN4OS. The zero-order valence-corrected chi connectivity index (χ0v) is 14.6. The lowest BCUT2D eigenvalue weighted by Crippen LogP contribution is -2.17. The number of aromatic nitrogens is 3. The van der Waals surface area contributed by atoms with Crippen LogP contribution in [-0.2, 0) is 0 Å². The van der Waals surface area contributed by atoms with Crippen LogP contribution < -0.4 is 10.9 Å². The molecule has 124 valence electrons. The van der Waals surface area contributed by atoms with Gasteiger partial charge in [0.05, 0.1) is 16.6 Å².